The molecule has 0 spiro atoms. The summed E-state index contributed by atoms with van der Waals surface area (Å²) in [5.41, 5.74) is 7.57. The first kappa shape index (κ1) is 18.0. The van der Waals surface area contributed by atoms with Crippen molar-refractivity contribution in [1.29, 1.82) is 0 Å². The molecule has 0 aliphatic heterocycles. The van der Waals surface area contributed by atoms with Gasteiger partial charge >= 0.3 is 11.9 Å². The lowest BCUT2D eigenvalue weighted by molar-refractivity contribution is 0.0510. The number of nitrogens with two attached hydrogens (primary N) is 1. The molecule has 0 saturated heterocycles. The fraction of sp³-hybridized carbons (Fsp3) is 0.444. The molecule has 0 saturated carbocycles. The number of rotatable bonds is 7. The minimum absolute atomic E-state index is 0.00531. The third kappa shape index (κ3) is 3.94. The van der Waals surface area contributed by atoms with Crippen LogP contribution in [0.3, 0.4) is 0 Å². The standard InChI is InChI=1S/C18H24N2O4/c1-4-23-17(21)14-7-6-13-10-16(18(22)24-5-2)20(15(13)11-14)9-8-12(3)19/h6-7,10-12H,4-5,8-9,19H2,1-3H3. The summed E-state index contributed by atoms with van der Waals surface area (Å²) in [7, 11) is 0. The molecule has 24 heavy (non-hydrogen) atoms. The van der Waals surface area contributed by atoms with Crippen molar-refractivity contribution in [3.05, 3.63) is 35.5 Å². The molecule has 0 bridgehead atoms. The molecular weight excluding hydrogens is 308 g/mol. The van der Waals surface area contributed by atoms with Gasteiger partial charge in [0.15, 0.2) is 0 Å². The highest BCUT2D eigenvalue weighted by Crippen LogP contribution is 2.23. The van der Waals surface area contributed by atoms with Crippen LogP contribution in [0.1, 0.15) is 48.0 Å². The van der Waals surface area contributed by atoms with Gasteiger partial charge in [-0.3, -0.25) is 0 Å². The molecule has 0 radical (unpaired) electrons. The van der Waals surface area contributed by atoms with Crippen LogP contribution in [0, 0.1) is 0 Å². The lowest BCUT2D eigenvalue weighted by atomic mass is 10.1. The first-order valence-electron chi connectivity index (χ1n) is 8.21. The monoisotopic (exact) mass is 332 g/mol. The molecule has 0 fully saturated rings. The summed E-state index contributed by atoms with van der Waals surface area (Å²) in [6.45, 7) is 6.64. The number of ether oxygens (including phenoxy) is 2. The second kappa shape index (κ2) is 7.97. The molecule has 1 aromatic heterocycles. The van der Waals surface area contributed by atoms with Crippen LogP contribution in [0.15, 0.2) is 24.3 Å². The minimum atomic E-state index is -0.379. The van der Waals surface area contributed by atoms with E-state index in [0.29, 0.717) is 37.4 Å². The Balaban J connectivity index is 2.50. The molecule has 130 valence electrons. The summed E-state index contributed by atoms with van der Waals surface area (Å²) in [5, 5.41) is 0.871. The van der Waals surface area contributed by atoms with Crippen molar-refractivity contribution < 1.29 is 19.1 Å². The van der Waals surface area contributed by atoms with Gasteiger partial charge in [-0.2, -0.15) is 0 Å². The van der Waals surface area contributed by atoms with Crippen molar-refractivity contribution in [1.82, 2.24) is 4.57 Å². The van der Waals surface area contributed by atoms with E-state index in [4.69, 9.17) is 15.2 Å². The molecule has 2 rings (SSSR count). The zero-order valence-corrected chi connectivity index (χ0v) is 14.4. The quantitative estimate of drug-likeness (QED) is 0.788. The third-order valence-electron chi connectivity index (χ3n) is 3.71. The molecule has 2 N–H and O–H groups in total. The summed E-state index contributed by atoms with van der Waals surface area (Å²) >= 11 is 0. The highest BCUT2D eigenvalue weighted by Gasteiger charge is 2.18. The van der Waals surface area contributed by atoms with E-state index >= 15 is 0 Å². The van der Waals surface area contributed by atoms with Gasteiger partial charge in [-0.05, 0) is 45.4 Å². The molecule has 6 heteroatoms. The van der Waals surface area contributed by atoms with Gasteiger partial charge in [0, 0.05) is 23.5 Å². The maximum Gasteiger partial charge on any atom is 0.354 e. The summed E-state index contributed by atoms with van der Waals surface area (Å²) in [4.78, 5) is 24.2. The summed E-state index contributed by atoms with van der Waals surface area (Å²) in [6.07, 6.45) is 0.708. The molecule has 2 aromatic rings. The van der Waals surface area contributed by atoms with Crippen LogP contribution in [0.5, 0.6) is 0 Å². The number of carbonyl (C=O) groups excluding carboxylic acids is 2. The van der Waals surface area contributed by atoms with Crippen molar-refractivity contribution in [2.45, 2.75) is 39.8 Å². The van der Waals surface area contributed by atoms with Crippen LogP contribution in [0.2, 0.25) is 0 Å². The molecule has 0 amide bonds. The Morgan fingerprint density at radius 1 is 1.12 bits per heavy atom. The van der Waals surface area contributed by atoms with Crippen LogP contribution in [-0.4, -0.2) is 35.8 Å². The smallest absolute Gasteiger partial charge is 0.354 e. The Morgan fingerprint density at radius 3 is 2.42 bits per heavy atom. The van der Waals surface area contributed by atoms with E-state index in [-0.39, 0.29) is 18.0 Å². The van der Waals surface area contributed by atoms with Crippen molar-refractivity contribution in [2.24, 2.45) is 5.73 Å². The SMILES string of the molecule is CCOC(=O)c1ccc2cc(C(=O)OCC)n(CCC(C)N)c2c1. The van der Waals surface area contributed by atoms with Gasteiger partial charge in [-0.25, -0.2) is 9.59 Å². The fourth-order valence-corrected chi connectivity index (χ4v) is 2.54. The first-order chi connectivity index (χ1) is 11.5. The third-order valence-corrected chi connectivity index (χ3v) is 3.71. The number of aryl methyl sites for hydroxylation is 1. The number of hydrogen-bond acceptors (Lipinski definition) is 5. The van der Waals surface area contributed by atoms with Gasteiger partial charge in [-0.1, -0.05) is 6.07 Å². The highest BCUT2D eigenvalue weighted by atomic mass is 16.5. The number of nitrogens with zero attached hydrogens (tertiary/aromatic N) is 1. The number of benzene rings is 1. The van der Waals surface area contributed by atoms with Crippen molar-refractivity contribution in [2.75, 3.05) is 13.2 Å². The molecular formula is C18H24N2O4. The van der Waals surface area contributed by atoms with E-state index in [9.17, 15) is 9.59 Å². The number of fused-ring (bicyclic) bond motifs is 1. The molecule has 1 heterocycles. The Morgan fingerprint density at radius 2 is 1.79 bits per heavy atom. The topological polar surface area (TPSA) is 83.6 Å². The number of esters is 2. The fourth-order valence-electron chi connectivity index (χ4n) is 2.54. The molecule has 6 nitrogen and oxygen atoms in total. The lowest BCUT2D eigenvalue weighted by Crippen LogP contribution is -2.19. The maximum absolute atomic E-state index is 12.2. The van der Waals surface area contributed by atoms with Crippen molar-refractivity contribution in [3.63, 3.8) is 0 Å². The number of hydrogen-bond donors (Lipinski definition) is 1. The van der Waals surface area contributed by atoms with Gasteiger partial charge in [0.1, 0.15) is 5.69 Å². The van der Waals surface area contributed by atoms with Crippen LogP contribution in [0.4, 0.5) is 0 Å². The van der Waals surface area contributed by atoms with E-state index in [1.807, 2.05) is 17.6 Å². The van der Waals surface area contributed by atoms with Crippen molar-refractivity contribution >= 4 is 22.8 Å². The first-order valence-corrected chi connectivity index (χ1v) is 8.21. The Kier molecular flexibility index (Phi) is 5.98. The van der Waals surface area contributed by atoms with E-state index in [1.54, 1.807) is 32.0 Å². The Bertz CT molecular complexity index is 734. The van der Waals surface area contributed by atoms with Crippen LogP contribution in [-0.2, 0) is 16.0 Å². The maximum atomic E-state index is 12.2. The number of aromatic nitrogens is 1. The second-order valence-electron chi connectivity index (χ2n) is 5.66. The minimum Gasteiger partial charge on any atom is -0.462 e. The molecule has 0 aliphatic rings. The van der Waals surface area contributed by atoms with Crippen LogP contribution in [0.25, 0.3) is 10.9 Å². The largest absolute Gasteiger partial charge is 0.462 e. The zero-order valence-electron chi connectivity index (χ0n) is 14.4. The average Bonchev–Trinajstić information content (AvgIpc) is 2.91. The predicted octanol–water partition coefficient (Wildman–Crippen LogP) is 2.73. The molecule has 0 aliphatic carbocycles. The Hall–Kier alpha value is -2.34. The summed E-state index contributed by atoms with van der Waals surface area (Å²) in [5.74, 6) is -0.756. The Labute approximate surface area is 141 Å². The van der Waals surface area contributed by atoms with Gasteiger partial charge in [-0.15, -0.1) is 0 Å². The lowest BCUT2D eigenvalue weighted by Gasteiger charge is -2.12. The van der Waals surface area contributed by atoms with Gasteiger partial charge in [0.05, 0.1) is 18.8 Å². The molecule has 1 atom stereocenters. The normalized spacial score (nSPS) is 12.2. The average molecular weight is 332 g/mol. The summed E-state index contributed by atoms with van der Waals surface area (Å²) in [6, 6.07) is 7.05. The van der Waals surface area contributed by atoms with Gasteiger partial charge in [0.25, 0.3) is 0 Å². The molecule has 1 aromatic carbocycles. The predicted molar refractivity (Wildman–Crippen MR) is 92.1 cm³/mol. The van der Waals surface area contributed by atoms with E-state index < -0.39 is 0 Å². The van der Waals surface area contributed by atoms with E-state index in [2.05, 4.69) is 0 Å². The summed E-state index contributed by atoms with van der Waals surface area (Å²) < 4.78 is 12.0. The van der Waals surface area contributed by atoms with E-state index in [0.717, 1.165) is 10.9 Å². The number of carbonyl (C=O) groups is 2. The van der Waals surface area contributed by atoms with Gasteiger partial charge in [0.2, 0.25) is 0 Å². The van der Waals surface area contributed by atoms with E-state index in [1.165, 1.54) is 0 Å². The zero-order chi connectivity index (χ0) is 17.7. The second-order valence-corrected chi connectivity index (χ2v) is 5.66. The molecule has 1 unspecified atom stereocenters. The van der Waals surface area contributed by atoms with Gasteiger partial charge < -0.3 is 19.8 Å². The highest BCUT2D eigenvalue weighted by molar-refractivity contribution is 5.99. The van der Waals surface area contributed by atoms with Crippen molar-refractivity contribution in [3.8, 4) is 0 Å². The van der Waals surface area contributed by atoms with Crippen LogP contribution >= 0.6 is 0 Å². The van der Waals surface area contributed by atoms with Crippen LogP contribution < -0.4 is 5.73 Å².